The average molecular weight is 442 g/mol. The van der Waals surface area contributed by atoms with E-state index in [1.54, 1.807) is 31.0 Å². The Labute approximate surface area is 182 Å². The van der Waals surface area contributed by atoms with E-state index in [-0.39, 0.29) is 46.5 Å². The monoisotopic (exact) mass is 441 g/mol. The Hall–Kier alpha value is -3.46. The minimum atomic E-state index is -0.360. The predicted octanol–water partition coefficient (Wildman–Crippen LogP) is 3.59. The van der Waals surface area contributed by atoms with Crippen molar-refractivity contribution in [2.45, 2.75) is 26.8 Å². The summed E-state index contributed by atoms with van der Waals surface area (Å²) in [4.78, 5) is 31.7. The van der Waals surface area contributed by atoms with E-state index in [0.29, 0.717) is 29.3 Å². The van der Waals surface area contributed by atoms with Gasteiger partial charge in [-0.25, -0.2) is 4.98 Å². The molecule has 0 spiro atoms. The van der Waals surface area contributed by atoms with Crippen LogP contribution in [0.1, 0.15) is 35.4 Å². The summed E-state index contributed by atoms with van der Waals surface area (Å²) in [6, 6.07) is 7.13. The maximum atomic E-state index is 13.4. The number of hydrogen-bond acceptors (Lipinski definition) is 7. The molecule has 160 valence electrons. The van der Waals surface area contributed by atoms with E-state index in [1.807, 2.05) is 19.1 Å². The predicted molar refractivity (Wildman–Crippen MR) is 114 cm³/mol. The lowest BCUT2D eigenvalue weighted by atomic mass is 10.1. The quantitative estimate of drug-likeness (QED) is 0.450. The molecule has 9 nitrogen and oxygen atoms in total. The van der Waals surface area contributed by atoms with Gasteiger partial charge < -0.3 is 18.3 Å². The first kappa shape index (κ1) is 20.8. The largest absolute Gasteiger partial charge is 0.442 e. The second-order valence-electron chi connectivity index (χ2n) is 7.08. The first-order valence-electron chi connectivity index (χ1n) is 9.72. The molecule has 0 saturated carbocycles. The number of furan rings is 1. The van der Waals surface area contributed by atoms with Crippen molar-refractivity contribution in [2.24, 2.45) is 7.05 Å². The molecule has 1 aromatic carbocycles. The molecule has 0 aliphatic rings. The molecule has 3 aromatic heterocycles. The molecule has 0 aliphatic heterocycles. The van der Waals surface area contributed by atoms with Crippen molar-refractivity contribution >= 4 is 28.6 Å². The summed E-state index contributed by atoms with van der Waals surface area (Å²) >= 11 is 6.20. The van der Waals surface area contributed by atoms with Crippen LogP contribution in [-0.2, 0) is 13.6 Å². The minimum Gasteiger partial charge on any atom is -0.442 e. The Morgan fingerprint density at radius 3 is 2.74 bits per heavy atom. The molecule has 0 unspecified atom stereocenters. The fourth-order valence-electron chi connectivity index (χ4n) is 3.35. The summed E-state index contributed by atoms with van der Waals surface area (Å²) in [5.74, 6) is 0.501. The van der Waals surface area contributed by atoms with Gasteiger partial charge in [0.05, 0.1) is 22.7 Å². The van der Waals surface area contributed by atoms with Crippen molar-refractivity contribution in [1.29, 1.82) is 0 Å². The molecule has 4 rings (SSSR count). The molecule has 0 fully saturated rings. The van der Waals surface area contributed by atoms with Crippen molar-refractivity contribution in [2.75, 3.05) is 6.54 Å². The average Bonchev–Trinajstić information content (AvgIpc) is 3.34. The SMILES string of the molecule is CCCN(Cc1nnc(-c2ccccc2Cl)o1)C(=O)c1c(C)oc2ncn(C)c(=O)c12. The fraction of sp³-hybridized carbons (Fsp3) is 0.286. The number of rotatable bonds is 6. The second kappa shape index (κ2) is 8.35. The van der Waals surface area contributed by atoms with Crippen molar-refractivity contribution in [1.82, 2.24) is 24.6 Å². The van der Waals surface area contributed by atoms with E-state index in [1.165, 1.54) is 10.9 Å². The lowest BCUT2D eigenvalue weighted by molar-refractivity contribution is 0.0728. The molecule has 0 saturated heterocycles. The number of nitrogens with zero attached hydrogens (tertiary/aromatic N) is 5. The maximum Gasteiger partial charge on any atom is 0.265 e. The molecule has 0 atom stereocenters. The standard InChI is InChI=1S/C21H20ClN5O4/c1-4-9-27(10-15-24-25-18(31-15)13-7-5-6-8-14(13)22)21(29)16-12(2)30-19-17(16)20(28)26(3)11-23-19/h5-8,11H,4,9-10H2,1-3H3. The Morgan fingerprint density at radius 2 is 2.00 bits per heavy atom. The van der Waals surface area contributed by atoms with Crippen LogP contribution in [0.2, 0.25) is 5.02 Å². The maximum absolute atomic E-state index is 13.4. The van der Waals surface area contributed by atoms with Gasteiger partial charge in [-0.05, 0) is 25.5 Å². The Bertz CT molecular complexity index is 1320. The molecule has 1 amide bonds. The lowest BCUT2D eigenvalue weighted by Crippen LogP contribution is -2.32. The summed E-state index contributed by atoms with van der Waals surface area (Å²) < 4.78 is 12.6. The molecule has 0 bridgehead atoms. The van der Waals surface area contributed by atoms with Crippen molar-refractivity contribution < 1.29 is 13.6 Å². The molecule has 0 radical (unpaired) electrons. The zero-order chi connectivity index (χ0) is 22.1. The number of carbonyl (C=O) groups excluding carboxylic acids is 1. The van der Waals surface area contributed by atoms with Gasteiger partial charge in [-0.1, -0.05) is 30.7 Å². The third-order valence-electron chi connectivity index (χ3n) is 4.84. The normalized spacial score (nSPS) is 11.2. The number of amides is 1. The molecular weight excluding hydrogens is 422 g/mol. The highest BCUT2D eigenvalue weighted by Gasteiger charge is 2.27. The smallest absolute Gasteiger partial charge is 0.265 e. The van der Waals surface area contributed by atoms with E-state index < -0.39 is 0 Å². The zero-order valence-electron chi connectivity index (χ0n) is 17.3. The molecule has 10 heteroatoms. The van der Waals surface area contributed by atoms with Crippen LogP contribution < -0.4 is 5.56 Å². The van der Waals surface area contributed by atoms with Crippen molar-refractivity contribution in [3.63, 3.8) is 0 Å². The lowest BCUT2D eigenvalue weighted by Gasteiger charge is -2.20. The Morgan fingerprint density at radius 1 is 1.23 bits per heavy atom. The topological polar surface area (TPSA) is 107 Å². The van der Waals surface area contributed by atoms with Crippen LogP contribution in [0.3, 0.4) is 0 Å². The van der Waals surface area contributed by atoms with Gasteiger partial charge in [0.2, 0.25) is 17.5 Å². The van der Waals surface area contributed by atoms with Crippen LogP contribution in [0.25, 0.3) is 22.6 Å². The zero-order valence-corrected chi connectivity index (χ0v) is 18.0. The van der Waals surface area contributed by atoms with Gasteiger partial charge in [0, 0.05) is 13.6 Å². The number of benzene rings is 1. The number of halogens is 1. The summed E-state index contributed by atoms with van der Waals surface area (Å²) in [6.07, 6.45) is 2.06. The number of fused-ring (bicyclic) bond motifs is 1. The van der Waals surface area contributed by atoms with Crippen LogP contribution in [0.15, 0.2) is 44.2 Å². The van der Waals surface area contributed by atoms with E-state index in [9.17, 15) is 9.59 Å². The van der Waals surface area contributed by atoms with Crippen LogP contribution in [0.4, 0.5) is 0 Å². The second-order valence-corrected chi connectivity index (χ2v) is 7.49. The van der Waals surface area contributed by atoms with Gasteiger partial charge in [-0.3, -0.25) is 9.59 Å². The number of aryl methyl sites for hydroxylation is 2. The number of hydrogen-bond donors (Lipinski definition) is 0. The summed E-state index contributed by atoms with van der Waals surface area (Å²) in [5, 5.41) is 8.77. The first-order valence-corrected chi connectivity index (χ1v) is 10.1. The highest BCUT2D eigenvalue weighted by molar-refractivity contribution is 6.33. The van der Waals surface area contributed by atoms with Gasteiger partial charge in [0.1, 0.15) is 17.5 Å². The van der Waals surface area contributed by atoms with Crippen LogP contribution >= 0.6 is 11.6 Å². The van der Waals surface area contributed by atoms with Gasteiger partial charge in [0.25, 0.3) is 11.5 Å². The molecule has 4 aromatic rings. The van der Waals surface area contributed by atoms with E-state index in [2.05, 4.69) is 15.2 Å². The van der Waals surface area contributed by atoms with Gasteiger partial charge in [-0.15, -0.1) is 10.2 Å². The number of aromatic nitrogens is 4. The molecular formula is C21H20ClN5O4. The summed E-state index contributed by atoms with van der Waals surface area (Å²) in [5.41, 5.74) is 0.602. The number of carbonyl (C=O) groups is 1. The molecule has 3 heterocycles. The van der Waals surface area contributed by atoms with E-state index >= 15 is 0 Å². The Kier molecular flexibility index (Phi) is 5.60. The summed E-state index contributed by atoms with van der Waals surface area (Å²) in [7, 11) is 1.57. The van der Waals surface area contributed by atoms with Gasteiger partial charge >= 0.3 is 0 Å². The van der Waals surface area contributed by atoms with Crippen LogP contribution in [0, 0.1) is 6.92 Å². The van der Waals surface area contributed by atoms with Crippen LogP contribution in [-0.4, -0.2) is 37.1 Å². The van der Waals surface area contributed by atoms with Gasteiger partial charge in [-0.2, -0.15) is 0 Å². The summed E-state index contributed by atoms with van der Waals surface area (Å²) in [6.45, 7) is 4.09. The highest BCUT2D eigenvalue weighted by Crippen LogP contribution is 2.27. The first-order chi connectivity index (χ1) is 14.9. The minimum absolute atomic E-state index is 0.0802. The van der Waals surface area contributed by atoms with E-state index in [4.69, 9.17) is 20.4 Å². The van der Waals surface area contributed by atoms with E-state index in [0.717, 1.165) is 0 Å². The van der Waals surface area contributed by atoms with Crippen molar-refractivity contribution in [3.05, 3.63) is 63.2 Å². The van der Waals surface area contributed by atoms with Crippen LogP contribution in [0.5, 0.6) is 0 Å². The molecule has 31 heavy (non-hydrogen) atoms. The van der Waals surface area contributed by atoms with Crippen molar-refractivity contribution in [3.8, 4) is 11.5 Å². The Balaban J connectivity index is 1.68. The molecule has 0 N–H and O–H groups in total. The third kappa shape index (κ3) is 3.84. The third-order valence-corrected chi connectivity index (χ3v) is 5.17. The molecule has 0 aliphatic carbocycles. The fourth-order valence-corrected chi connectivity index (χ4v) is 3.57. The van der Waals surface area contributed by atoms with Gasteiger partial charge in [0.15, 0.2) is 0 Å². The highest BCUT2D eigenvalue weighted by atomic mass is 35.5.